The van der Waals surface area contributed by atoms with E-state index in [1.807, 2.05) is 26.0 Å². The molecule has 31 heavy (non-hydrogen) atoms. The van der Waals surface area contributed by atoms with Crippen LogP contribution in [0.4, 0.5) is 0 Å². The van der Waals surface area contributed by atoms with Crippen LogP contribution in [-0.2, 0) is 33.9 Å². The number of nitrogens with zero attached hydrogens (tertiary/aromatic N) is 5. The van der Waals surface area contributed by atoms with Crippen LogP contribution < -0.4 is 0 Å². The monoisotopic (exact) mass is 427 g/mol. The first-order valence-electron chi connectivity index (χ1n) is 11.6. The van der Waals surface area contributed by atoms with Crippen LogP contribution in [0.25, 0.3) is 0 Å². The van der Waals surface area contributed by atoms with Crippen molar-refractivity contribution >= 4 is 17.7 Å². The average molecular weight is 428 g/mol. The second-order valence-electron chi connectivity index (χ2n) is 9.54. The van der Waals surface area contributed by atoms with Gasteiger partial charge in [-0.15, -0.1) is 10.2 Å². The standard InChI is InChI=1S/C23H33N5O3/c1-15(2)13-18(28-21(29)16-9-6-7-10-17(16)22(28)30)23(31)26(3)14-20-25-24-19-11-5-4-8-12-27(19)20/h6-7,15-18H,4-5,8-14H2,1-3H3. The van der Waals surface area contributed by atoms with Crippen molar-refractivity contribution in [3.8, 4) is 0 Å². The molecule has 0 spiro atoms. The number of imide groups is 1. The van der Waals surface area contributed by atoms with Gasteiger partial charge in [0, 0.05) is 20.0 Å². The van der Waals surface area contributed by atoms with E-state index in [0.717, 1.165) is 37.5 Å². The number of rotatable bonds is 6. The van der Waals surface area contributed by atoms with Crippen LogP contribution >= 0.6 is 0 Å². The lowest BCUT2D eigenvalue weighted by Gasteiger charge is -2.30. The van der Waals surface area contributed by atoms with Gasteiger partial charge in [0.05, 0.1) is 18.4 Å². The molecule has 3 unspecified atom stereocenters. The molecular weight excluding hydrogens is 394 g/mol. The molecule has 3 atom stereocenters. The van der Waals surface area contributed by atoms with Gasteiger partial charge >= 0.3 is 0 Å². The van der Waals surface area contributed by atoms with E-state index >= 15 is 0 Å². The van der Waals surface area contributed by atoms with Crippen molar-refractivity contribution < 1.29 is 14.4 Å². The molecule has 1 aliphatic carbocycles. The van der Waals surface area contributed by atoms with E-state index < -0.39 is 6.04 Å². The molecule has 4 rings (SSSR count). The molecule has 1 fully saturated rings. The number of allylic oxidation sites excluding steroid dienone is 2. The van der Waals surface area contributed by atoms with Crippen molar-refractivity contribution in [1.82, 2.24) is 24.6 Å². The smallest absolute Gasteiger partial charge is 0.246 e. The van der Waals surface area contributed by atoms with Crippen molar-refractivity contribution in [3.63, 3.8) is 0 Å². The molecule has 0 aromatic carbocycles. The molecule has 0 saturated carbocycles. The van der Waals surface area contributed by atoms with E-state index in [9.17, 15) is 14.4 Å². The number of hydrogen-bond donors (Lipinski definition) is 0. The average Bonchev–Trinajstić information content (AvgIpc) is 3.12. The normalized spacial score (nSPS) is 24.2. The molecule has 0 N–H and O–H groups in total. The summed E-state index contributed by atoms with van der Waals surface area (Å²) in [6, 6.07) is -0.762. The Labute approximate surface area is 183 Å². The Bertz CT molecular complexity index is 864. The Kier molecular flexibility index (Phi) is 6.25. The molecule has 8 heteroatoms. The fraction of sp³-hybridized carbons (Fsp3) is 0.696. The minimum Gasteiger partial charge on any atom is -0.336 e. The van der Waals surface area contributed by atoms with Gasteiger partial charge in [-0.2, -0.15) is 0 Å². The SMILES string of the molecule is CC(C)CC(C(=O)N(C)Cc1nnc2n1CCCCC2)N1C(=O)C2CC=CCC2C1=O. The summed E-state index contributed by atoms with van der Waals surface area (Å²) in [6.45, 7) is 5.22. The first-order valence-corrected chi connectivity index (χ1v) is 11.6. The van der Waals surface area contributed by atoms with Gasteiger partial charge in [0.1, 0.15) is 11.9 Å². The predicted octanol–water partition coefficient (Wildman–Crippen LogP) is 2.33. The Hall–Kier alpha value is -2.51. The highest BCUT2D eigenvalue weighted by Crippen LogP contribution is 2.37. The number of amides is 3. The summed E-state index contributed by atoms with van der Waals surface area (Å²) >= 11 is 0. The van der Waals surface area contributed by atoms with Crippen molar-refractivity contribution in [1.29, 1.82) is 0 Å². The highest BCUT2D eigenvalue weighted by Gasteiger charge is 2.51. The molecular formula is C23H33N5O3. The van der Waals surface area contributed by atoms with E-state index in [1.165, 1.54) is 11.3 Å². The molecule has 1 aromatic heterocycles. The third-order valence-electron chi connectivity index (χ3n) is 6.77. The number of fused-ring (bicyclic) bond motifs is 2. The predicted molar refractivity (Wildman–Crippen MR) is 115 cm³/mol. The minimum absolute atomic E-state index is 0.174. The molecule has 3 aliphatic rings. The van der Waals surface area contributed by atoms with Crippen LogP contribution in [0.2, 0.25) is 0 Å². The Morgan fingerprint density at radius 1 is 1.10 bits per heavy atom. The fourth-order valence-corrected chi connectivity index (χ4v) is 5.10. The Morgan fingerprint density at radius 2 is 1.77 bits per heavy atom. The summed E-state index contributed by atoms with van der Waals surface area (Å²) < 4.78 is 2.13. The first kappa shape index (κ1) is 21.7. The molecule has 1 aromatic rings. The van der Waals surface area contributed by atoms with E-state index in [0.29, 0.717) is 25.8 Å². The van der Waals surface area contributed by atoms with Gasteiger partial charge < -0.3 is 9.47 Å². The van der Waals surface area contributed by atoms with E-state index in [4.69, 9.17) is 0 Å². The van der Waals surface area contributed by atoms with Crippen LogP contribution in [0.15, 0.2) is 12.2 Å². The number of likely N-dealkylation sites (N-methyl/N-ethyl adjacent to an activating group) is 1. The maximum atomic E-state index is 13.5. The zero-order valence-corrected chi connectivity index (χ0v) is 18.8. The number of hydrogen-bond acceptors (Lipinski definition) is 5. The highest BCUT2D eigenvalue weighted by atomic mass is 16.2. The lowest BCUT2D eigenvalue weighted by molar-refractivity contribution is -0.152. The van der Waals surface area contributed by atoms with Crippen molar-refractivity contribution in [2.24, 2.45) is 17.8 Å². The minimum atomic E-state index is -0.762. The molecule has 2 aliphatic heterocycles. The maximum Gasteiger partial charge on any atom is 0.246 e. The molecule has 0 bridgehead atoms. The highest BCUT2D eigenvalue weighted by molar-refractivity contribution is 6.08. The quantitative estimate of drug-likeness (QED) is 0.514. The third kappa shape index (κ3) is 4.16. The van der Waals surface area contributed by atoms with Crippen LogP contribution in [0.3, 0.4) is 0 Å². The summed E-state index contributed by atoms with van der Waals surface area (Å²) in [7, 11) is 1.73. The van der Waals surface area contributed by atoms with E-state index in [1.54, 1.807) is 11.9 Å². The van der Waals surface area contributed by atoms with Crippen molar-refractivity contribution in [3.05, 3.63) is 23.8 Å². The maximum absolute atomic E-state index is 13.5. The van der Waals surface area contributed by atoms with E-state index in [2.05, 4.69) is 14.8 Å². The van der Waals surface area contributed by atoms with Crippen molar-refractivity contribution in [2.45, 2.75) is 77.9 Å². The molecule has 1 saturated heterocycles. The van der Waals surface area contributed by atoms with Gasteiger partial charge in [-0.25, -0.2) is 0 Å². The summed E-state index contributed by atoms with van der Waals surface area (Å²) in [6.07, 6.45) is 9.84. The summed E-state index contributed by atoms with van der Waals surface area (Å²) in [4.78, 5) is 42.7. The zero-order chi connectivity index (χ0) is 22.1. The molecule has 0 radical (unpaired) electrons. The van der Waals surface area contributed by atoms with Crippen LogP contribution in [-0.4, -0.2) is 55.4 Å². The Morgan fingerprint density at radius 3 is 2.42 bits per heavy atom. The summed E-state index contributed by atoms with van der Waals surface area (Å²) in [5.41, 5.74) is 0. The molecule has 8 nitrogen and oxygen atoms in total. The number of aromatic nitrogens is 3. The second-order valence-corrected chi connectivity index (χ2v) is 9.54. The first-order chi connectivity index (χ1) is 14.9. The molecule has 3 amide bonds. The van der Waals surface area contributed by atoms with Gasteiger partial charge in [0.25, 0.3) is 0 Å². The zero-order valence-electron chi connectivity index (χ0n) is 18.8. The number of carbonyl (C=O) groups excluding carboxylic acids is 3. The molecule has 3 heterocycles. The van der Waals surface area contributed by atoms with Gasteiger partial charge in [-0.3, -0.25) is 19.3 Å². The van der Waals surface area contributed by atoms with Gasteiger partial charge in [-0.1, -0.05) is 32.4 Å². The topological polar surface area (TPSA) is 88.4 Å². The number of carbonyl (C=O) groups is 3. The largest absolute Gasteiger partial charge is 0.336 e. The van der Waals surface area contributed by atoms with Crippen LogP contribution in [0.1, 0.15) is 64.0 Å². The molecule has 168 valence electrons. The Balaban J connectivity index is 1.54. The van der Waals surface area contributed by atoms with Gasteiger partial charge in [0.15, 0.2) is 5.82 Å². The van der Waals surface area contributed by atoms with Gasteiger partial charge in [-0.05, 0) is 38.0 Å². The van der Waals surface area contributed by atoms with Crippen LogP contribution in [0, 0.1) is 17.8 Å². The lowest BCUT2D eigenvalue weighted by Crippen LogP contribution is -2.51. The van der Waals surface area contributed by atoms with Gasteiger partial charge in [0.2, 0.25) is 17.7 Å². The van der Waals surface area contributed by atoms with Crippen LogP contribution in [0.5, 0.6) is 0 Å². The summed E-state index contributed by atoms with van der Waals surface area (Å²) in [5, 5.41) is 8.65. The summed E-state index contributed by atoms with van der Waals surface area (Å²) in [5.74, 6) is 0.698. The van der Waals surface area contributed by atoms with Crippen molar-refractivity contribution in [2.75, 3.05) is 7.05 Å². The van der Waals surface area contributed by atoms with E-state index in [-0.39, 0.29) is 35.5 Å². The second kappa shape index (κ2) is 8.93. The fourth-order valence-electron chi connectivity index (χ4n) is 5.10. The lowest BCUT2D eigenvalue weighted by atomic mass is 9.85. The number of likely N-dealkylation sites (tertiary alicyclic amines) is 1. The third-order valence-corrected chi connectivity index (χ3v) is 6.77. The number of aryl methyl sites for hydroxylation is 1.